The zero-order chi connectivity index (χ0) is 20.4. The molecule has 0 radical (unpaired) electrons. The number of nitrogens with one attached hydrogen (secondary N) is 4. The number of benzene rings is 1. The summed E-state index contributed by atoms with van der Waals surface area (Å²) in [4.78, 5) is 18.3. The highest BCUT2D eigenvalue weighted by Gasteiger charge is 2.34. The Labute approximate surface area is 177 Å². The van der Waals surface area contributed by atoms with Gasteiger partial charge in [-0.1, -0.05) is 47.7 Å². The van der Waals surface area contributed by atoms with E-state index in [2.05, 4.69) is 37.9 Å². The topological polar surface area (TPSA) is 99.7 Å². The van der Waals surface area contributed by atoms with E-state index < -0.39 is 0 Å². The molecule has 0 saturated carbocycles. The third kappa shape index (κ3) is 3.92. The highest BCUT2D eigenvalue weighted by molar-refractivity contribution is 7.71. The lowest BCUT2D eigenvalue weighted by atomic mass is 9.94. The van der Waals surface area contributed by atoms with E-state index in [-0.39, 0.29) is 17.9 Å². The van der Waals surface area contributed by atoms with Gasteiger partial charge in [0.2, 0.25) is 5.91 Å². The number of aryl methyl sites for hydroxylation is 1. The number of aromatic amines is 1. The molecule has 2 unspecified atom stereocenters. The molecule has 0 aliphatic carbocycles. The van der Waals surface area contributed by atoms with E-state index in [1.165, 1.54) is 11.3 Å². The fourth-order valence-electron chi connectivity index (χ4n) is 3.36. The van der Waals surface area contributed by atoms with Gasteiger partial charge in [-0.05, 0) is 24.7 Å². The highest BCUT2D eigenvalue weighted by Crippen LogP contribution is 2.33. The molecule has 3 heterocycles. The highest BCUT2D eigenvalue weighted by atomic mass is 32.1. The average Bonchev–Trinajstić information content (AvgIpc) is 3.43. The number of anilines is 1. The summed E-state index contributed by atoms with van der Waals surface area (Å²) in [6.07, 6.45) is 1.76. The minimum absolute atomic E-state index is 0.0818. The van der Waals surface area contributed by atoms with Crippen LogP contribution in [0.5, 0.6) is 0 Å². The number of allylic oxidation sites excluding steroid dienone is 1. The summed E-state index contributed by atoms with van der Waals surface area (Å²) in [6, 6.07) is 9.83. The Bertz CT molecular complexity index is 1090. The van der Waals surface area contributed by atoms with Gasteiger partial charge >= 0.3 is 0 Å². The second kappa shape index (κ2) is 8.37. The minimum Gasteiger partial charge on any atom is -0.302 e. The van der Waals surface area contributed by atoms with Crippen molar-refractivity contribution in [1.29, 1.82) is 0 Å². The molecule has 29 heavy (non-hydrogen) atoms. The Morgan fingerprint density at radius 3 is 3.00 bits per heavy atom. The maximum Gasteiger partial charge on any atom is 0.232 e. The lowest BCUT2D eigenvalue weighted by Crippen LogP contribution is -2.29. The fourth-order valence-corrected chi connectivity index (χ4v) is 4.54. The average molecular weight is 428 g/mol. The van der Waals surface area contributed by atoms with Crippen molar-refractivity contribution in [2.45, 2.75) is 19.5 Å². The number of aromatic nitrogens is 4. The lowest BCUT2D eigenvalue weighted by Gasteiger charge is -2.17. The first kappa shape index (κ1) is 19.6. The van der Waals surface area contributed by atoms with Crippen LogP contribution in [0.1, 0.15) is 17.3 Å². The van der Waals surface area contributed by atoms with Crippen LogP contribution in [0.4, 0.5) is 5.13 Å². The minimum atomic E-state index is -0.250. The first-order valence-electron chi connectivity index (χ1n) is 9.16. The Hall–Kier alpha value is -2.66. The number of carbonyl (C=O) groups is 1. The Balaban J connectivity index is 1.55. The zero-order valence-electron chi connectivity index (χ0n) is 15.8. The molecule has 4 rings (SSSR count). The summed E-state index contributed by atoms with van der Waals surface area (Å²) in [5, 5.41) is 10.6. The van der Waals surface area contributed by atoms with E-state index in [1.54, 1.807) is 6.08 Å². The van der Waals surface area contributed by atoms with E-state index in [9.17, 15) is 4.79 Å². The van der Waals surface area contributed by atoms with Gasteiger partial charge in [0.05, 0.1) is 22.5 Å². The van der Waals surface area contributed by atoms with Gasteiger partial charge in [-0.3, -0.25) is 19.9 Å². The van der Waals surface area contributed by atoms with Gasteiger partial charge < -0.3 is 5.32 Å². The largest absolute Gasteiger partial charge is 0.302 e. The summed E-state index contributed by atoms with van der Waals surface area (Å²) in [6.45, 7) is 6.74. The summed E-state index contributed by atoms with van der Waals surface area (Å²) in [5.74, 6) is 0.360. The first-order chi connectivity index (χ1) is 14.1. The number of rotatable bonds is 6. The number of carbonyl (C=O) groups excluding carboxylic acids is 1. The molecule has 4 N–H and O–H groups in total. The van der Waals surface area contributed by atoms with Gasteiger partial charge in [0, 0.05) is 13.1 Å². The summed E-state index contributed by atoms with van der Waals surface area (Å²) in [7, 11) is 0. The van der Waals surface area contributed by atoms with E-state index in [4.69, 9.17) is 12.2 Å². The Kier molecular flexibility index (Phi) is 5.67. The third-order valence-electron chi connectivity index (χ3n) is 4.78. The number of hydrogen-bond donors (Lipinski definition) is 4. The standard InChI is InChI=1S/C19H21N7OS2/c1-3-9-26-16(24-25-19(26)28)15-11(2)21-18(29-15)22-17(27)13-10-20-23-14(13)12-7-5-4-6-8-12/h3-8,13-14,20,23H,1,9-10H2,2H3,(H,25,28)(H,21,22,27). The summed E-state index contributed by atoms with van der Waals surface area (Å²) >= 11 is 6.67. The Morgan fingerprint density at radius 2 is 2.24 bits per heavy atom. The van der Waals surface area contributed by atoms with E-state index >= 15 is 0 Å². The van der Waals surface area contributed by atoms with Gasteiger partial charge in [-0.25, -0.2) is 10.4 Å². The maximum absolute atomic E-state index is 12.9. The molecule has 1 aromatic carbocycles. The molecule has 3 aromatic rings. The molecule has 2 aromatic heterocycles. The molecule has 1 fully saturated rings. The van der Waals surface area contributed by atoms with Crippen LogP contribution in [0.2, 0.25) is 0 Å². The summed E-state index contributed by atoms with van der Waals surface area (Å²) in [5.41, 5.74) is 8.13. The number of amides is 1. The Morgan fingerprint density at radius 1 is 1.45 bits per heavy atom. The van der Waals surface area contributed by atoms with E-state index in [0.717, 1.165) is 16.1 Å². The number of thiazole rings is 1. The van der Waals surface area contributed by atoms with Crippen LogP contribution >= 0.6 is 23.6 Å². The number of H-pyrrole nitrogens is 1. The van der Waals surface area contributed by atoms with Crippen molar-refractivity contribution < 1.29 is 4.79 Å². The molecular weight excluding hydrogens is 406 g/mol. The monoisotopic (exact) mass is 427 g/mol. The van der Waals surface area contributed by atoms with Crippen LogP contribution in [0.3, 0.4) is 0 Å². The molecule has 8 nitrogen and oxygen atoms in total. The molecule has 10 heteroatoms. The van der Waals surface area contributed by atoms with Crippen LogP contribution in [-0.2, 0) is 11.3 Å². The quantitative estimate of drug-likeness (QED) is 0.357. The zero-order valence-corrected chi connectivity index (χ0v) is 17.4. The normalized spacial score (nSPS) is 18.7. The third-order valence-corrected chi connectivity index (χ3v) is 6.16. The van der Waals surface area contributed by atoms with Crippen LogP contribution in [0, 0.1) is 17.6 Å². The smallest absolute Gasteiger partial charge is 0.232 e. The van der Waals surface area contributed by atoms with Crippen molar-refractivity contribution in [3.8, 4) is 10.7 Å². The van der Waals surface area contributed by atoms with Crippen LogP contribution in [0.25, 0.3) is 10.7 Å². The molecule has 1 amide bonds. The van der Waals surface area contributed by atoms with Crippen molar-refractivity contribution in [1.82, 2.24) is 30.6 Å². The second-order valence-electron chi connectivity index (χ2n) is 6.69. The van der Waals surface area contributed by atoms with Gasteiger partial charge in [0.25, 0.3) is 0 Å². The molecule has 0 spiro atoms. The predicted molar refractivity (Wildman–Crippen MR) is 116 cm³/mol. The number of hydrazine groups is 1. The van der Waals surface area contributed by atoms with Crippen molar-refractivity contribution in [2.24, 2.45) is 5.92 Å². The van der Waals surface area contributed by atoms with Gasteiger partial charge in [0.15, 0.2) is 15.7 Å². The predicted octanol–water partition coefficient (Wildman–Crippen LogP) is 2.96. The van der Waals surface area contributed by atoms with Crippen molar-refractivity contribution in [3.63, 3.8) is 0 Å². The van der Waals surface area contributed by atoms with Crippen molar-refractivity contribution in [2.75, 3.05) is 11.9 Å². The first-order valence-corrected chi connectivity index (χ1v) is 10.4. The molecular formula is C19H21N7OS2. The molecule has 1 aliphatic heterocycles. The van der Waals surface area contributed by atoms with E-state index in [1.807, 2.05) is 41.8 Å². The van der Waals surface area contributed by atoms with Gasteiger partial charge in [0.1, 0.15) is 0 Å². The second-order valence-corrected chi connectivity index (χ2v) is 8.08. The van der Waals surface area contributed by atoms with Gasteiger partial charge in [-0.15, -0.1) is 6.58 Å². The number of nitrogens with zero attached hydrogens (tertiary/aromatic N) is 3. The van der Waals surface area contributed by atoms with Crippen molar-refractivity contribution in [3.05, 3.63) is 59.0 Å². The van der Waals surface area contributed by atoms with E-state index in [0.29, 0.717) is 28.8 Å². The SMILES string of the molecule is C=CCn1c(-c2sc(NC(=O)C3CNNC3c3ccccc3)nc2C)n[nH]c1=S. The molecule has 0 bridgehead atoms. The molecule has 150 valence electrons. The maximum atomic E-state index is 12.9. The van der Waals surface area contributed by atoms with Crippen LogP contribution in [-0.4, -0.2) is 32.2 Å². The summed E-state index contributed by atoms with van der Waals surface area (Å²) < 4.78 is 2.37. The fraction of sp³-hybridized carbons (Fsp3) is 0.263. The molecule has 1 saturated heterocycles. The van der Waals surface area contributed by atoms with Crippen molar-refractivity contribution >= 4 is 34.6 Å². The number of hydrogen-bond acceptors (Lipinski definition) is 7. The van der Waals surface area contributed by atoms with Crippen LogP contribution < -0.4 is 16.2 Å². The molecule has 1 aliphatic rings. The lowest BCUT2D eigenvalue weighted by molar-refractivity contribution is -0.119. The molecule has 2 atom stereocenters. The van der Waals surface area contributed by atoms with Crippen LogP contribution in [0.15, 0.2) is 43.0 Å². The van der Waals surface area contributed by atoms with Gasteiger partial charge in [-0.2, -0.15) is 5.10 Å².